The van der Waals surface area contributed by atoms with E-state index in [4.69, 9.17) is 4.42 Å². The summed E-state index contributed by atoms with van der Waals surface area (Å²) in [5, 5.41) is 6.96. The SMILES string of the molecule is CC(Cc1ccco1)NCc1ccc2c(c1)NCC2. The molecular weight excluding hydrogens is 236 g/mol. The lowest BCUT2D eigenvalue weighted by Gasteiger charge is -2.13. The molecule has 2 heterocycles. The molecule has 1 aliphatic heterocycles. The highest BCUT2D eigenvalue weighted by molar-refractivity contribution is 5.56. The Hall–Kier alpha value is -1.74. The first-order valence-corrected chi connectivity index (χ1v) is 6.93. The molecule has 0 aliphatic carbocycles. The van der Waals surface area contributed by atoms with Crippen LogP contribution >= 0.6 is 0 Å². The summed E-state index contributed by atoms with van der Waals surface area (Å²) in [6, 6.07) is 11.1. The van der Waals surface area contributed by atoms with Gasteiger partial charge in [0.15, 0.2) is 0 Å². The zero-order valence-corrected chi connectivity index (χ0v) is 11.3. The lowest BCUT2D eigenvalue weighted by atomic mass is 10.1. The summed E-state index contributed by atoms with van der Waals surface area (Å²) >= 11 is 0. The third-order valence-corrected chi connectivity index (χ3v) is 3.63. The third kappa shape index (κ3) is 2.99. The van der Waals surface area contributed by atoms with Gasteiger partial charge < -0.3 is 15.1 Å². The number of benzene rings is 1. The molecule has 3 nitrogen and oxygen atoms in total. The van der Waals surface area contributed by atoms with Gasteiger partial charge in [-0.15, -0.1) is 0 Å². The molecule has 3 rings (SSSR count). The van der Waals surface area contributed by atoms with Crippen LogP contribution in [0.15, 0.2) is 41.0 Å². The highest BCUT2D eigenvalue weighted by atomic mass is 16.3. The van der Waals surface area contributed by atoms with Crippen LogP contribution in [0.25, 0.3) is 0 Å². The van der Waals surface area contributed by atoms with Crippen molar-refractivity contribution >= 4 is 5.69 Å². The molecule has 0 fully saturated rings. The Morgan fingerprint density at radius 2 is 2.32 bits per heavy atom. The molecule has 19 heavy (non-hydrogen) atoms. The molecule has 2 aromatic rings. The first-order chi connectivity index (χ1) is 9.31. The highest BCUT2D eigenvalue weighted by Gasteiger charge is 2.10. The van der Waals surface area contributed by atoms with E-state index in [1.807, 2.05) is 12.1 Å². The van der Waals surface area contributed by atoms with Crippen molar-refractivity contribution in [2.24, 2.45) is 0 Å². The van der Waals surface area contributed by atoms with Gasteiger partial charge >= 0.3 is 0 Å². The van der Waals surface area contributed by atoms with E-state index in [2.05, 4.69) is 35.8 Å². The summed E-state index contributed by atoms with van der Waals surface area (Å²) in [5.41, 5.74) is 4.07. The number of hydrogen-bond donors (Lipinski definition) is 2. The summed E-state index contributed by atoms with van der Waals surface area (Å²) in [6.45, 7) is 4.16. The molecule has 0 amide bonds. The highest BCUT2D eigenvalue weighted by Crippen LogP contribution is 2.23. The molecule has 1 aliphatic rings. The number of fused-ring (bicyclic) bond motifs is 1. The molecule has 1 aromatic heterocycles. The van der Waals surface area contributed by atoms with Crippen molar-refractivity contribution in [1.29, 1.82) is 0 Å². The topological polar surface area (TPSA) is 37.2 Å². The van der Waals surface area contributed by atoms with Crippen molar-refractivity contribution in [3.8, 4) is 0 Å². The predicted molar refractivity (Wildman–Crippen MR) is 77.3 cm³/mol. The molecule has 0 radical (unpaired) electrons. The van der Waals surface area contributed by atoms with Crippen LogP contribution in [0.5, 0.6) is 0 Å². The van der Waals surface area contributed by atoms with Crippen molar-refractivity contribution in [1.82, 2.24) is 5.32 Å². The minimum absolute atomic E-state index is 0.410. The van der Waals surface area contributed by atoms with Crippen molar-refractivity contribution in [2.45, 2.75) is 32.4 Å². The van der Waals surface area contributed by atoms with Crippen LogP contribution < -0.4 is 10.6 Å². The summed E-state index contributed by atoms with van der Waals surface area (Å²) < 4.78 is 5.37. The van der Waals surface area contributed by atoms with Gasteiger partial charge in [0, 0.05) is 31.2 Å². The number of anilines is 1. The zero-order chi connectivity index (χ0) is 13.1. The van der Waals surface area contributed by atoms with E-state index in [9.17, 15) is 0 Å². The van der Waals surface area contributed by atoms with Gasteiger partial charge in [-0.2, -0.15) is 0 Å². The van der Waals surface area contributed by atoms with E-state index in [0.717, 1.165) is 31.7 Å². The van der Waals surface area contributed by atoms with Crippen molar-refractivity contribution < 1.29 is 4.42 Å². The fourth-order valence-corrected chi connectivity index (χ4v) is 2.54. The van der Waals surface area contributed by atoms with Crippen LogP contribution in [0.3, 0.4) is 0 Å². The van der Waals surface area contributed by atoms with E-state index in [1.54, 1.807) is 6.26 Å². The fourth-order valence-electron chi connectivity index (χ4n) is 2.54. The van der Waals surface area contributed by atoms with Crippen LogP contribution in [0.2, 0.25) is 0 Å². The first kappa shape index (κ1) is 12.3. The van der Waals surface area contributed by atoms with Crippen LogP contribution in [0.1, 0.15) is 23.8 Å². The maximum Gasteiger partial charge on any atom is 0.105 e. The Morgan fingerprint density at radius 1 is 1.37 bits per heavy atom. The third-order valence-electron chi connectivity index (χ3n) is 3.63. The molecule has 2 N–H and O–H groups in total. The molecule has 3 heteroatoms. The Labute approximate surface area is 114 Å². The van der Waals surface area contributed by atoms with Gasteiger partial charge in [-0.3, -0.25) is 0 Å². The van der Waals surface area contributed by atoms with E-state index in [-0.39, 0.29) is 0 Å². The Balaban J connectivity index is 1.54. The van der Waals surface area contributed by atoms with Gasteiger partial charge in [0.05, 0.1) is 6.26 Å². The molecule has 1 unspecified atom stereocenters. The summed E-state index contributed by atoms with van der Waals surface area (Å²) in [5.74, 6) is 1.04. The van der Waals surface area contributed by atoms with Gasteiger partial charge in [-0.25, -0.2) is 0 Å². The van der Waals surface area contributed by atoms with E-state index >= 15 is 0 Å². The van der Waals surface area contributed by atoms with Gasteiger partial charge in [-0.1, -0.05) is 12.1 Å². The van der Waals surface area contributed by atoms with Gasteiger partial charge in [-0.05, 0) is 42.7 Å². The largest absolute Gasteiger partial charge is 0.469 e. The number of nitrogens with one attached hydrogen (secondary N) is 2. The molecule has 0 spiro atoms. The zero-order valence-electron chi connectivity index (χ0n) is 11.3. The second kappa shape index (κ2) is 5.49. The molecule has 1 aromatic carbocycles. The van der Waals surface area contributed by atoms with Gasteiger partial charge in [0.2, 0.25) is 0 Å². The maximum absolute atomic E-state index is 5.37. The Kier molecular flexibility index (Phi) is 3.56. The van der Waals surface area contributed by atoms with Crippen LogP contribution in [-0.2, 0) is 19.4 Å². The van der Waals surface area contributed by atoms with Gasteiger partial charge in [0.25, 0.3) is 0 Å². The number of hydrogen-bond acceptors (Lipinski definition) is 3. The van der Waals surface area contributed by atoms with Crippen LogP contribution in [0, 0.1) is 0 Å². The second-order valence-electron chi connectivity index (χ2n) is 5.23. The molecule has 0 saturated heterocycles. The fraction of sp³-hybridized carbons (Fsp3) is 0.375. The van der Waals surface area contributed by atoms with Crippen LogP contribution in [0.4, 0.5) is 5.69 Å². The average Bonchev–Trinajstić information content (AvgIpc) is 3.06. The quantitative estimate of drug-likeness (QED) is 0.863. The normalized spacial score (nSPS) is 15.0. The average molecular weight is 256 g/mol. The molecule has 0 bridgehead atoms. The summed E-state index contributed by atoms with van der Waals surface area (Å²) in [4.78, 5) is 0. The molecule has 1 atom stereocenters. The van der Waals surface area contributed by atoms with E-state index in [0.29, 0.717) is 6.04 Å². The molecular formula is C16H20N2O. The Bertz CT molecular complexity index is 534. The van der Waals surface area contributed by atoms with E-state index < -0.39 is 0 Å². The minimum Gasteiger partial charge on any atom is -0.469 e. The first-order valence-electron chi connectivity index (χ1n) is 6.93. The second-order valence-corrected chi connectivity index (χ2v) is 5.23. The smallest absolute Gasteiger partial charge is 0.105 e. The van der Waals surface area contributed by atoms with Crippen molar-refractivity contribution in [3.05, 3.63) is 53.5 Å². The summed E-state index contributed by atoms with van der Waals surface area (Å²) in [6.07, 6.45) is 3.81. The lowest BCUT2D eigenvalue weighted by molar-refractivity contribution is 0.456. The molecule has 0 saturated carbocycles. The minimum atomic E-state index is 0.410. The van der Waals surface area contributed by atoms with Crippen molar-refractivity contribution in [3.63, 3.8) is 0 Å². The standard InChI is InChI=1S/C16H20N2O/c1-12(9-15-3-2-8-19-15)18-11-13-4-5-14-6-7-17-16(14)10-13/h2-5,8,10,12,17-18H,6-7,9,11H2,1H3. The number of rotatable bonds is 5. The monoisotopic (exact) mass is 256 g/mol. The van der Waals surface area contributed by atoms with E-state index in [1.165, 1.54) is 16.8 Å². The maximum atomic E-state index is 5.37. The predicted octanol–water partition coefficient (Wildman–Crippen LogP) is 2.97. The summed E-state index contributed by atoms with van der Waals surface area (Å²) in [7, 11) is 0. The van der Waals surface area contributed by atoms with Crippen LogP contribution in [-0.4, -0.2) is 12.6 Å². The van der Waals surface area contributed by atoms with Crippen molar-refractivity contribution in [2.75, 3.05) is 11.9 Å². The molecule has 100 valence electrons. The van der Waals surface area contributed by atoms with Gasteiger partial charge in [0.1, 0.15) is 5.76 Å². The lowest BCUT2D eigenvalue weighted by Crippen LogP contribution is -2.27. The number of furan rings is 1. The Morgan fingerprint density at radius 3 is 3.16 bits per heavy atom.